The van der Waals surface area contributed by atoms with Crippen molar-refractivity contribution in [2.75, 3.05) is 19.4 Å². The molecule has 1 amide bonds. The molecule has 0 unspecified atom stereocenters. The summed E-state index contributed by atoms with van der Waals surface area (Å²) in [4.78, 5) is 18.2. The zero-order chi connectivity index (χ0) is 23.9. The lowest BCUT2D eigenvalue weighted by molar-refractivity contribution is 0.102. The minimum atomic E-state index is -3.65. The first-order valence-electron chi connectivity index (χ1n) is 10.4. The van der Waals surface area contributed by atoms with Crippen molar-refractivity contribution in [2.45, 2.75) is 31.7 Å². The van der Waals surface area contributed by atoms with Crippen LogP contribution in [0.1, 0.15) is 35.8 Å². The van der Waals surface area contributed by atoms with Gasteiger partial charge in [0.1, 0.15) is 5.69 Å². The number of rotatable bonds is 6. The molecule has 0 spiro atoms. The van der Waals surface area contributed by atoms with Crippen LogP contribution in [0, 0.1) is 6.92 Å². The van der Waals surface area contributed by atoms with E-state index in [9.17, 15) is 13.2 Å². The molecule has 0 saturated heterocycles. The first-order valence-corrected chi connectivity index (χ1v) is 11.8. The number of furan rings is 1. The quantitative estimate of drug-likeness (QED) is 0.457. The Morgan fingerprint density at radius 1 is 1.18 bits per heavy atom. The Kier molecular flexibility index (Phi) is 5.81. The fourth-order valence-electron chi connectivity index (χ4n) is 3.43. The van der Waals surface area contributed by atoms with Crippen LogP contribution >= 0.6 is 0 Å². The molecular formula is C23H25N5O4S. The Labute approximate surface area is 192 Å². The molecule has 172 valence electrons. The lowest BCUT2D eigenvalue weighted by Crippen LogP contribution is -2.22. The predicted molar refractivity (Wildman–Crippen MR) is 126 cm³/mol. The summed E-state index contributed by atoms with van der Waals surface area (Å²) in [5.41, 5.74) is 2.56. The molecule has 10 heteroatoms. The molecule has 0 fully saturated rings. The lowest BCUT2D eigenvalue weighted by atomic mass is 10.1. The summed E-state index contributed by atoms with van der Waals surface area (Å²) in [5.74, 6) is 0.124. The second kappa shape index (κ2) is 8.45. The Morgan fingerprint density at radius 3 is 2.58 bits per heavy atom. The molecule has 0 aliphatic rings. The van der Waals surface area contributed by atoms with Crippen LogP contribution in [0.3, 0.4) is 0 Å². The van der Waals surface area contributed by atoms with Crippen molar-refractivity contribution in [3.63, 3.8) is 0 Å². The highest BCUT2D eigenvalue weighted by Crippen LogP contribution is 2.28. The Hall–Kier alpha value is -3.50. The summed E-state index contributed by atoms with van der Waals surface area (Å²) in [7, 11) is -0.724. The number of amides is 1. The smallest absolute Gasteiger partial charge is 0.256 e. The minimum absolute atomic E-state index is 0.0351. The fraction of sp³-hybridized carbons (Fsp3) is 0.261. The van der Waals surface area contributed by atoms with Crippen molar-refractivity contribution < 1.29 is 17.6 Å². The Morgan fingerprint density at radius 2 is 1.94 bits per heavy atom. The number of sulfonamides is 1. The number of nitrogens with zero attached hydrogens (tertiary/aromatic N) is 4. The second-order valence-corrected chi connectivity index (χ2v) is 10.3. The van der Waals surface area contributed by atoms with Crippen LogP contribution in [-0.4, -0.2) is 47.5 Å². The van der Waals surface area contributed by atoms with Crippen molar-refractivity contribution in [1.29, 1.82) is 0 Å². The lowest BCUT2D eigenvalue weighted by Gasteiger charge is -2.15. The SMILES string of the molecule is Cc1ccc(S(=O)(=O)N(C)C)cc1NC(=O)c1cc(-c2ccco2)nc2c1cnn2C(C)C. The highest BCUT2D eigenvalue weighted by molar-refractivity contribution is 7.89. The molecule has 0 atom stereocenters. The first-order chi connectivity index (χ1) is 15.6. The predicted octanol–water partition coefficient (Wildman–Crippen LogP) is 4.08. The summed E-state index contributed by atoms with van der Waals surface area (Å²) >= 11 is 0. The van der Waals surface area contributed by atoms with E-state index in [4.69, 9.17) is 4.42 Å². The van der Waals surface area contributed by atoms with E-state index in [-0.39, 0.29) is 10.9 Å². The Bertz CT molecular complexity index is 1440. The zero-order valence-corrected chi connectivity index (χ0v) is 19.8. The van der Waals surface area contributed by atoms with E-state index in [1.165, 1.54) is 26.2 Å². The number of aromatic nitrogens is 3. The highest BCUT2D eigenvalue weighted by atomic mass is 32.2. The van der Waals surface area contributed by atoms with Crippen LogP contribution in [-0.2, 0) is 10.0 Å². The molecule has 3 heterocycles. The van der Waals surface area contributed by atoms with Crippen molar-refractivity contribution in [1.82, 2.24) is 19.1 Å². The van der Waals surface area contributed by atoms with Gasteiger partial charge in [-0.1, -0.05) is 6.07 Å². The van der Waals surface area contributed by atoms with Gasteiger partial charge < -0.3 is 9.73 Å². The molecule has 1 aromatic carbocycles. The number of hydrogen-bond donors (Lipinski definition) is 1. The van der Waals surface area contributed by atoms with E-state index in [1.807, 2.05) is 13.8 Å². The summed E-state index contributed by atoms with van der Waals surface area (Å²) in [6, 6.07) is 9.86. The van der Waals surface area contributed by atoms with E-state index in [1.54, 1.807) is 48.3 Å². The van der Waals surface area contributed by atoms with Gasteiger partial charge in [0.05, 0.1) is 28.3 Å². The molecular weight excluding hydrogens is 442 g/mol. The van der Waals surface area contributed by atoms with Crippen LogP contribution in [0.2, 0.25) is 0 Å². The molecule has 1 N–H and O–H groups in total. The standard InChI is InChI=1S/C23H25N5O4S/c1-14(2)28-22-18(13-24-28)17(12-20(25-22)21-7-6-10-32-21)23(29)26-19-11-16(9-8-15(19)3)33(30,31)27(4)5/h6-14H,1-5H3,(H,26,29). The Balaban J connectivity index is 1.81. The topological polar surface area (TPSA) is 110 Å². The number of fused-ring (bicyclic) bond motifs is 1. The summed E-state index contributed by atoms with van der Waals surface area (Å²) < 4.78 is 33.5. The largest absolute Gasteiger partial charge is 0.463 e. The number of aryl methyl sites for hydroxylation is 1. The highest BCUT2D eigenvalue weighted by Gasteiger charge is 2.22. The summed E-state index contributed by atoms with van der Waals surface area (Å²) in [6.45, 7) is 5.76. The number of carbonyl (C=O) groups is 1. The molecule has 33 heavy (non-hydrogen) atoms. The molecule has 0 saturated carbocycles. The maximum absolute atomic E-state index is 13.4. The van der Waals surface area contributed by atoms with E-state index in [2.05, 4.69) is 15.4 Å². The van der Waals surface area contributed by atoms with Crippen LogP contribution in [0.4, 0.5) is 5.69 Å². The molecule has 0 bridgehead atoms. The average Bonchev–Trinajstić information content (AvgIpc) is 3.44. The van der Waals surface area contributed by atoms with Crippen molar-refractivity contribution >= 4 is 32.7 Å². The van der Waals surface area contributed by atoms with Gasteiger partial charge in [0.2, 0.25) is 10.0 Å². The first kappa shape index (κ1) is 22.7. The summed E-state index contributed by atoms with van der Waals surface area (Å²) in [6.07, 6.45) is 3.16. The van der Waals surface area contributed by atoms with Crippen molar-refractivity contribution in [3.8, 4) is 11.5 Å². The summed E-state index contributed by atoms with van der Waals surface area (Å²) in [5, 5.41) is 7.86. The molecule has 3 aromatic heterocycles. The molecule has 0 aliphatic heterocycles. The van der Waals surface area contributed by atoms with Crippen LogP contribution in [0.25, 0.3) is 22.5 Å². The van der Waals surface area contributed by atoms with Gasteiger partial charge in [0, 0.05) is 25.8 Å². The van der Waals surface area contributed by atoms with E-state index < -0.39 is 15.9 Å². The number of nitrogens with one attached hydrogen (secondary N) is 1. The van der Waals surface area contributed by atoms with Crippen LogP contribution in [0.15, 0.2) is 58.2 Å². The van der Waals surface area contributed by atoms with E-state index >= 15 is 0 Å². The monoisotopic (exact) mass is 467 g/mol. The maximum atomic E-state index is 13.4. The number of anilines is 1. The van der Waals surface area contributed by atoms with Crippen LogP contribution < -0.4 is 5.32 Å². The molecule has 9 nitrogen and oxygen atoms in total. The van der Waals surface area contributed by atoms with Gasteiger partial charge in [-0.25, -0.2) is 22.4 Å². The van der Waals surface area contributed by atoms with Gasteiger partial charge in [0.25, 0.3) is 5.91 Å². The normalized spacial score (nSPS) is 12.1. The number of hydrogen-bond acceptors (Lipinski definition) is 6. The minimum Gasteiger partial charge on any atom is -0.463 e. The number of benzene rings is 1. The fourth-order valence-corrected chi connectivity index (χ4v) is 4.36. The number of pyridine rings is 1. The van der Waals surface area contributed by atoms with Gasteiger partial charge in [-0.2, -0.15) is 5.10 Å². The molecule has 4 rings (SSSR count). The zero-order valence-electron chi connectivity index (χ0n) is 19.0. The van der Waals surface area contributed by atoms with Crippen molar-refractivity contribution in [2.24, 2.45) is 0 Å². The van der Waals surface area contributed by atoms with E-state index in [0.717, 1.165) is 9.87 Å². The molecule has 0 radical (unpaired) electrons. The van der Waals surface area contributed by atoms with Gasteiger partial charge in [-0.05, 0) is 56.7 Å². The van der Waals surface area contributed by atoms with Gasteiger partial charge in [0.15, 0.2) is 11.4 Å². The van der Waals surface area contributed by atoms with Gasteiger partial charge >= 0.3 is 0 Å². The van der Waals surface area contributed by atoms with Crippen LogP contribution in [0.5, 0.6) is 0 Å². The second-order valence-electron chi connectivity index (χ2n) is 8.17. The third kappa shape index (κ3) is 4.14. The maximum Gasteiger partial charge on any atom is 0.256 e. The molecule has 4 aromatic rings. The van der Waals surface area contributed by atoms with E-state index in [0.29, 0.717) is 33.7 Å². The average molecular weight is 468 g/mol. The van der Waals surface area contributed by atoms with Crippen molar-refractivity contribution in [3.05, 3.63) is 60.0 Å². The molecule has 0 aliphatic carbocycles. The third-order valence-electron chi connectivity index (χ3n) is 5.31. The number of carbonyl (C=O) groups excluding carboxylic acids is 1. The van der Waals surface area contributed by atoms with Gasteiger partial charge in [-0.3, -0.25) is 4.79 Å². The van der Waals surface area contributed by atoms with Gasteiger partial charge in [-0.15, -0.1) is 0 Å². The third-order valence-corrected chi connectivity index (χ3v) is 7.12.